The Kier molecular flexibility index (Phi) is 11.1. The lowest BCUT2D eigenvalue weighted by Gasteiger charge is -2.20. The van der Waals surface area contributed by atoms with Crippen LogP contribution in [0.25, 0.3) is 0 Å². The Labute approximate surface area is 195 Å². The third kappa shape index (κ3) is 9.47. The molecule has 0 saturated carbocycles. The van der Waals surface area contributed by atoms with Crippen molar-refractivity contribution in [3.8, 4) is 5.75 Å². The van der Waals surface area contributed by atoms with E-state index < -0.39 is 18.0 Å². The first-order chi connectivity index (χ1) is 15.9. The number of hydrogen-bond donors (Lipinski definition) is 4. The van der Waals surface area contributed by atoms with E-state index in [1.807, 2.05) is 54.6 Å². The highest BCUT2D eigenvalue weighted by Gasteiger charge is 2.23. The van der Waals surface area contributed by atoms with Gasteiger partial charge in [0.25, 0.3) is 0 Å². The molecular formula is C26H34N2O5. The SMILES string of the molecule is C=CC[C@@H](CC(=O)N[C@H](CO)Cc1ccc(OCc2ccccc2)cc1)C(=O)N[C@@H](C)CO. The summed E-state index contributed by atoms with van der Waals surface area (Å²) in [5.74, 6) is -0.479. The van der Waals surface area contributed by atoms with Gasteiger partial charge in [0, 0.05) is 12.5 Å². The van der Waals surface area contributed by atoms with Crippen molar-refractivity contribution in [3.05, 3.63) is 78.4 Å². The molecule has 0 aliphatic carbocycles. The van der Waals surface area contributed by atoms with Crippen LogP contribution in [0.1, 0.15) is 30.9 Å². The molecule has 0 saturated heterocycles. The number of carbonyl (C=O) groups is 2. The number of amides is 2. The van der Waals surface area contributed by atoms with Gasteiger partial charge >= 0.3 is 0 Å². The molecule has 7 nitrogen and oxygen atoms in total. The Balaban J connectivity index is 1.86. The van der Waals surface area contributed by atoms with E-state index in [0.717, 1.165) is 16.9 Å². The number of aliphatic hydroxyl groups excluding tert-OH is 2. The highest BCUT2D eigenvalue weighted by atomic mass is 16.5. The zero-order valence-electron chi connectivity index (χ0n) is 19.1. The van der Waals surface area contributed by atoms with Crippen LogP contribution in [0.2, 0.25) is 0 Å². The average molecular weight is 455 g/mol. The van der Waals surface area contributed by atoms with Crippen LogP contribution in [-0.2, 0) is 22.6 Å². The number of ether oxygens (including phenoxy) is 1. The van der Waals surface area contributed by atoms with Crippen molar-refractivity contribution in [1.29, 1.82) is 0 Å². The highest BCUT2D eigenvalue weighted by molar-refractivity contribution is 5.86. The van der Waals surface area contributed by atoms with E-state index in [-0.39, 0.29) is 31.4 Å². The highest BCUT2D eigenvalue weighted by Crippen LogP contribution is 2.16. The third-order valence-corrected chi connectivity index (χ3v) is 5.16. The average Bonchev–Trinajstić information content (AvgIpc) is 2.83. The first kappa shape index (κ1) is 26.1. The fourth-order valence-electron chi connectivity index (χ4n) is 3.31. The third-order valence-electron chi connectivity index (χ3n) is 5.16. The molecule has 2 aromatic carbocycles. The van der Waals surface area contributed by atoms with Crippen molar-refractivity contribution in [3.63, 3.8) is 0 Å². The molecule has 178 valence electrons. The molecule has 0 unspecified atom stereocenters. The van der Waals surface area contributed by atoms with Crippen LogP contribution in [0.3, 0.4) is 0 Å². The van der Waals surface area contributed by atoms with Gasteiger partial charge in [0.15, 0.2) is 0 Å². The molecule has 33 heavy (non-hydrogen) atoms. The molecule has 4 N–H and O–H groups in total. The Hall–Kier alpha value is -3.16. The predicted octanol–water partition coefficient (Wildman–Crippen LogP) is 2.36. The van der Waals surface area contributed by atoms with Crippen molar-refractivity contribution >= 4 is 11.8 Å². The maximum atomic E-state index is 12.5. The molecule has 2 amide bonds. The number of nitrogens with one attached hydrogen (secondary N) is 2. The summed E-state index contributed by atoms with van der Waals surface area (Å²) < 4.78 is 5.79. The fraction of sp³-hybridized carbons (Fsp3) is 0.385. The lowest BCUT2D eigenvalue weighted by atomic mass is 9.98. The van der Waals surface area contributed by atoms with Gasteiger partial charge in [-0.05, 0) is 43.0 Å². The van der Waals surface area contributed by atoms with Crippen LogP contribution in [0.5, 0.6) is 5.75 Å². The Morgan fingerprint density at radius 1 is 1.00 bits per heavy atom. The molecule has 0 bridgehead atoms. The van der Waals surface area contributed by atoms with Gasteiger partial charge in [0.1, 0.15) is 12.4 Å². The molecular weight excluding hydrogens is 420 g/mol. The van der Waals surface area contributed by atoms with Crippen LogP contribution in [0.4, 0.5) is 0 Å². The van der Waals surface area contributed by atoms with Crippen LogP contribution in [-0.4, -0.2) is 47.3 Å². The second-order valence-corrected chi connectivity index (χ2v) is 8.09. The fourth-order valence-corrected chi connectivity index (χ4v) is 3.31. The van der Waals surface area contributed by atoms with Crippen molar-refractivity contribution in [2.45, 2.75) is 44.9 Å². The smallest absolute Gasteiger partial charge is 0.224 e. The van der Waals surface area contributed by atoms with Crippen LogP contribution in [0, 0.1) is 5.92 Å². The van der Waals surface area contributed by atoms with Gasteiger partial charge in [-0.15, -0.1) is 6.58 Å². The quantitative estimate of drug-likeness (QED) is 0.328. The summed E-state index contributed by atoms with van der Waals surface area (Å²) in [5, 5.41) is 24.3. The van der Waals surface area contributed by atoms with E-state index in [9.17, 15) is 14.7 Å². The molecule has 0 fully saturated rings. The number of allylic oxidation sites excluding steroid dienone is 1. The topological polar surface area (TPSA) is 108 Å². The Morgan fingerprint density at radius 2 is 1.70 bits per heavy atom. The molecule has 2 aromatic rings. The number of rotatable bonds is 14. The normalized spacial score (nSPS) is 13.4. The number of hydrogen-bond acceptors (Lipinski definition) is 5. The molecule has 7 heteroatoms. The van der Waals surface area contributed by atoms with E-state index in [4.69, 9.17) is 9.84 Å². The van der Waals surface area contributed by atoms with Gasteiger partial charge in [0.2, 0.25) is 11.8 Å². The maximum absolute atomic E-state index is 12.5. The molecule has 0 heterocycles. The van der Waals surface area contributed by atoms with Gasteiger partial charge in [-0.3, -0.25) is 9.59 Å². The Bertz CT molecular complexity index is 870. The van der Waals surface area contributed by atoms with E-state index in [0.29, 0.717) is 19.4 Å². The monoisotopic (exact) mass is 454 g/mol. The van der Waals surface area contributed by atoms with Crippen molar-refractivity contribution in [2.75, 3.05) is 13.2 Å². The standard InChI is InChI=1S/C26H34N2O5/c1-3-7-22(26(32)27-19(2)16-29)15-25(31)28-23(17-30)14-20-10-12-24(13-11-20)33-18-21-8-5-4-6-9-21/h3-6,8-13,19,22-23,29-30H,1,7,14-18H2,2H3,(H,27,32)(H,28,31)/t19-,22-,23-/m0/s1. The van der Waals surface area contributed by atoms with Gasteiger partial charge in [-0.25, -0.2) is 0 Å². The second-order valence-electron chi connectivity index (χ2n) is 8.09. The lowest BCUT2D eigenvalue weighted by Crippen LogP contribution is -2.43. The molecule has 0 aliphatic rings. The lowest BCUT2D eigenvalue weighted by molar-refractivity contribution is -0.131. The van der Waals surface area contributed by atoms with Gasteiger partial charge in [-0.2, -0.15) is 0 Å². The van der Waals surface area contributed by atoms with Gasteiger partial charge < -0.3 is 25.6 Å². The maximum Gasteiger partial charge on any atom is 0.224 e. The zero-order valence-corrected chi connectivity index (χ0v) is 19.1. The summed E-state index contributed by atoms with van der Waals surface area (Å²) >= 11 is 0. The van der Waals surface area contributed by atoms with Crippen LogP contribution >= 0.6 is 0 Å². The van der Waals surface area contributed by atoms with E-state index >= 15 is 0 Å². The predicted molar refractivity (Wildman–Crippen MR) is 128 cm³/mol. The summed E-state index contributed by atoms with van der Waals surface area (Å²) in [4.78, 5) is 24.9. The first-order valence-electron chi connectivity index (χ1n) is 11.1. The minimum atomic E-state index is -0.586. The molecule has 0 radical (unpaired) electrons. The summed E-state index contributed by atoms with van der Waals surface area (Å²) in [7, 11) is 0. The van der Waals surface area contributed by atoms with Crippen molar-refractivity contribution in [2.24, 2.45) is 5.92 Å². The van der Waals surface area contributed by atoms with E-state index in [1.165, 1.54) is 0 Å². The second kappa shape index (κ2) is 14.1. The van der Waals surface area contributed by atoms with Crippen LogP contribution in [0.15, 0.2) is 67.3 Å². The molecule has 0 aromatic heterocycles. The molecule has 3 atom stereocenters. The minimum absolute atomic E-state index is 0.0290. The zero-order chi connectivity index (χ0) is 24.1. The molecule has 2 rings (SSSR count). The molecule has 0 spiro atoms. The first-order valence-corrected chi connectivity index (χ1v) is 11.1. The van der Waals surface area contributed by atoms with Crippen molar-refractivity contribution in [1.82, 2.24) is 10.6 Å². The largest absolute Gasteiger partial charge is 0.489 e. The van der Waals surface area contributed by atoms with E-state index in [1.54, 1.807) is 13.0 Å². The summed E-state index contributed by atoms with van der Waals surface area (Å²) in [6.45, 7) is 5.41. The van der Waals surface area contributed by atoms with Crippen LogP contribution < -0.4 is 15.4 Å². The number of benzene rings is 2. The van der Waals surface area contributed by atoms with Crippen molar-refractivity contribution < 1.29 is 24.5 Å². The number of aliphatic hydroxyl groups is 2. The van der Waals surface area contributed by atoms with Gasteiger partial charge in [0.05, 0.1) is 25.2 Å². The minimum Gasteiger partial charge on any atom is -0.489 e. The van der Waals surface area contributed by atoms with Gasteiger partial charge in [-0.1, -0.05) is 48.5 Å². The summed E-state index contributed by atoms with van der Waals surface area (Å²) in [6.07, 6.45) is 2.34. The molecule has 0 aliphatic heterocycles. The summed E-state index contributed by atoms with van der Waals surface area (Å²) in [5.41, 5.74) is 2.03. The summed E-state index contributed by atoms with van der Waals surface area (Å²) in [6, 6.07) is 16.6. The van der Waals surface area contributed by atoms with E-state index in [2.05, 4.69) is 17.2 Å². The number of carbonyl (C=O) groups excluding carboxylic acids is 2. The Morgan fingerprint density at radius 3 is 2.30 bits per heavy atom.